The van der Waals surface area contributed by atoms with Crippen LogP contribution in [0.3, 0.4) is 0 Å². The first kappa shape index (κ1) is 16.2. The van der Waals surface area contributed by atoms with Gasteiger partial charge in [0.25, 0.3) is 0 Å². The van der Waals surface area contributed by atoms with Gasteiger partial charge in [-0.1, -0.05) is 12.1 Å². The number of hydrogen-bond acceptors (Lipinski definition) is 3. The summed E-state index contributed by atoms with van der Waals surface area (Å²) in [7, 11) is 0.134. The summed E-state index contributed by atoms with van der Waals surface area (Å²) in [6.45, 7) is 2.24. The second-order valence-corrected chi connectivity index (χ2v) is 6.72. The Labute approximate surface area is 111 Å². The highest BCUT2D eigenvalue weighted by Gasteiger charge is 2.39. The summed E-state index contributed by atoms with van der Waals surface area (Å²) in [6, 6.07) is 5.27. The van der Waals surface area contributed by atoms with Gasteiger partial charge in [-0.15, -0.1) is 0 Å². The summed E-state index contributed by atoms with van der Waals surface area (Å²) in [5.41, 5.74) is 0.0200. The fraction of sp³-hybridized carbons (Fsp3) is 0.500. The summed E-state index contributed by atoms with van der Waals surface area (Å²) in [6.07, 6.45) is -4.32. The highest BCUT2D eigenvalue weighted by molar-refractivity contribution is 6.60. The van der Waals surface area contributed by atoms with Crippen LogP contribution in [-0.2, 0) is 25.5 Å². The maximum absolute atomic E-state index is 12.4. The molecule has 108 valence electrons. The van der Waals surface area contributed by atoms with E-state index in [2.05, 4.69) is 0 Å². The van der Waals surface area contributed by atoms with E-state index < -0.39 is 20.5 Å². The maximum atomic E-state index is 12.4. The van der Waals surface area contributed by atoms with E-state index in [0.717, 1.165) is 12.1 Å². The molecule has 1 aromatic carbocycles. The Kier molecular flexibility index (Phi) is 5.54. The number of halogens is 3. The Bertz CT molecular complexity index is 388. The fourth-order valence-corrected chi connectivity index (χ4v) is 3.65. The van der Waals surface area contributed by atoms with Crippen molar-refractivity contribution >= 4 is 8.80 Å². The van der Waals surface area contributed by atoms with Crippen LogP contribution in [0.15, 0.2) is 24.3 Å². The third kappa shape index (κ3) is 4.31. The van der Waals surface area contributed by atoms with Crippen LogP contribution in [0, 0.1) is 0 Å². The molecule has 19 heavy (non-hydrogen) atoms. The van der Waals surface area contributed by atoms with Crippen molar-refractivity contribution in [2.45, 2.75) is 19.1 Å². The Morgan fingerprint density at radius 3 is 1.95 bits per heavy atom. The second-order valence-electron chi connectivity index (χ2n) is 3.90. The number of rotatable bonds is 6. The molecule has 0 unspecified atom stereocenters. The van der Waals surface area contributed by atoms with Gasteiger partial charge in [0, 0.05) is 26.9 Å². The van der Waals surface area contributed by atoms with Crippen molar-refractivity contribution in [1.29, 1.82) is 0 Å². The lowest BCUT2D eigenvalue weighted by atomic mass is 10.1. The zero-order valence-corrected chi connectivity index (χ0v) is 12.1. The van der Waals surface area contributed by atoms with Crippen molar-refractivity contribution in [1.82, 2.24) is 0 Å². The van der Waals surface area contributed by atoms with E-state index in [0.29, 0.717) is 18.2 Å². The number of hydrogen-bond donors (Lipinski definition) is 0. The molecule has 0 aliphatic carbocycles. The van der Waals surface area contributed by atoms with Gasteiger partial charge in [-0.2, -0.15) is 13.2 Å². The standard InChI is InChI=1S/C12H17F3O3Si/c1-4-18-19(16-2,17-3)9-10-5-7-11(8-6-10)12(13,14)15/h5-8H,4,9H2,1-3H3. The highest BCUT2D eigenvalue weighted by Crippen LogP contribution is 2.29. The van der Waals surface area contributed by atoms with Gasteiger partial charge in [-0.25, -0.2) is 0 Å². The fourth-order valence-electron chi connectivity index (χ4n) is 1.68. The molecule has 0 aromatic heterocycles. The lowest BCUT2D eigenvalue weighted by Crippen LogP contribution is -2.46. The topological polar surface area (TPSA) is 27.7 Å². The van der Waals surface area contributed by atoms with Gasteiger partial charge < -0.3 is 13.3 Å². The molecule has 0 aliphatic heterocycles. The summed E-state index contributed by atoms with van der Waals surface area (Å²) >= 11 is 0. The van der Waals surface area contributed by atoms with E-state index in [9.17, 15) is 13.2 Å². The second kappa shape index (κ2) is 6.51. The van der Waals surface area contributed by atoms with E-state index >= 15 is 0 Å². The third-order valence-electron chi connectivity index (χ3n) is 2.69. The average molecular weight is 294 g/mol. The van der Waals surface area contributed by atoms with Crippen molar-refractivity contribution < 1.29 is 26.4 Å². The van der Waals surface area contributed by atoms with Crippen LogP contribution in [0.25, 0.3) is 0 Å². The van der Waals surface area contributed by atoms with Gasteiger partial charge in [-0.05, 0) is 24.6 Å². The van der Waals surface area contributed by atoms with Crippen LogP contribution in [0.5, 0.6) is 0 Å². The summed E-state index contributed by atoms with van der Waals surface area (Å²) in [4.78, 5) is 0. The molecule has 0 aliphatic rings. The Morgan fingerprint density at radius 2 is 1.58 bits per heavy atom. The van der Waals surface area contributed by atoms with Crippen LogP contribution >= 0.6 is 0 Å². The van der Waals surface area contributed by atoms with Crippen molar-refractivity contribution in [3.8, 4) is 0 Å². The van der Waals surface area contributed by atoms with Gasteiger partial charge in [0.05, 0.1) is 5.56 Å². The van der Waals surface area contributed by atoms with E-state index in [-0.39, 0.29) is 0 Å². The van der Waals surface area contributed by atoms with Crippen LogP contribution in [0.1, 0.15) is 18.1 Å². The molecule has 0 heterocycles. The lowest BCUT2D eigenvalue weighted by molar-refractivity contribution is -0.137. The molecule has 0 fully saturated rings. The Hall–Kier alpha value is -0.893. The predicted molar refractivity (Wildman–Crippen MR) is 66.5 cm³/mol. The van der Waals surface area contributed by atoms with Crippen LogP contribution in [0.4, 0.5) is 13.2 Å². The quantitative estimate of drug-likeness (QED) is 0.755. The smallest absolute Gasteiger partial charge is 0.377 e. The minimum absolute atomic E-state index is 0.339. The van der Waals surface area contributed by atoms with E-state index in [4.69, 9.17) is 13.3 Å². The largest absolute Gasteiger partial charge is 0.504 e. The first-order valence-corrected chi connectivity index (χ1v) is 7.70. The van der Waals surface area contributed by atoms with Crippen molar-refractivity contribution in [3.05, 3.63) is 35.4 Å². The minimum atomic E-state index is -4.32. The van der Waals surface area contributed by atoms with Gasteiger partial charge >= 0.3 is 15.0 Å². The van der Waals surface area contributed by atoms with Crippen molar-refractivity contribution in [2.75, 3.05) is 20.8 Å². The zero-order valence-electron chi connectivity index (χ0n) is 11.1. The third-order valence-corrected chi connectivity index (χ3v) is 5.50. The zero-order chi connectivity index (χ0) is 14.5. The molecule has 0 saturated carbocycles. The van der Waals surface area contributed by atoms with Crippen LogP contribution < -0.4 is 0 Å². The summed E-state index contributed by atoms with van der Waals surface area (Å²) in [5, 5.41) is 0. The van der Waals surface area contributed by atoms with Gasteiger partial charge in [0.15, 0.2) is 0 Å². The highest BCUT2D eigenvalue weighted by atomic mass is 28.4. The lowest BCUT2D eigenvalue weighted by Gasteiger charge is -2.25. The van der Waals surface area contributed by atoms with Crippen molar-refractivity contribution in [2.24, 2.45) is 0 Å². The van der Waals surface area contributed by atoms with E-state index in [1.54, 1.807) is 0 Å². The average Bonchev–Trinajstić information content (AvgIpc) is 2.37. The molecular weight excluding hydrogens is 277 g/mol. The molecule has 0 N–H and O–H groups in total. The molecule has 3 nitrogen and oxygen atoms in total. The summed E-state index contributed by atoms with van der Waals surface area (Å²) < 4.78 is 53.4. The normalized spacial score (nSPS) is 12.7. The Balaban J connectivity index is 2.86. The number of benzene rings is 1. The molecule has 1 aromatic rings. The van der Waals surface area contributed by atoms with Crippen LogP contribution in [0.2, 0.25) is 0 Å². The predicted octanol–water partition coefficient (Wildman–Crippen LogP) is 3.06. The molecule has 0 radical (unpaired) electrons. The Morgan fingerprint density at radius 1 is 1.05 bits per heavy atom. The monoisotopic (exact) mass is 294 g/mol. The molecule has 0 saturated heterocycles. The van der Waals surface area contributed by atoms with Crippen LogP contribution in [-0.4, -0.2) is 29.6 Å². The van der Waals surface area contributed by atoms with E-state index in [1.165, 1.54) is 26.4 Å². The first-order valence-electron chi connectivity index (χ1n) is 5.77. The molecule has 0 amide bonds. The molecular formula is C12H17F3O3Si. The summed E-state index contributed by atoms with van der Waals surface area (Å²) in [5.74, 6) is 0. The molecule has 0 spiro atoms. The SMILES string of the molecule is CCO[Si](Cc1ccc(C(F)(F)F)cc1)(OC)OC. The van der Waals surface area contributed by atoms with Gasteiger partial charge in [0.2, 0.25) is 0 Å². The van der Waals surface area contributed by atoms with Gasteiger partial charge in [-0.3, -0.25) is 0 Å². The van der Waals surface area contributed by atoms with Gasteiger partial charge in [0.1, 0.15) is 0 Å². The molecule has 1 rings (SSSR count). The van der Waals surface area contributed by atoms with E-state index in [1.807, 2.05) is 6.92 Å². The molecule has 0 bridgehead atoms. The first-order chi connectivity index (χ1) is 8.87. The molecule has 0 atom stereocenters. The number of alkyl halides is 3. The van der Waals surface area contributed by atoms with Crippen molar-refractivity contribution in [3.63, 3.8) is 0 Å². The minimum Gasteiger partial charge on any atom is -0.377 e. The molecule has 7 heteroatoms. The maximum Gasteiger partial charge on any atom is 0.504 e.